The Morgan fingerprint density at radius 1 is 0.407 bits per heavy atom. The van der Waals surface area contributed by atoms with Gasteiger partial charge in [-0.3, -0.25) is 0 Å². The van der Waals surface area contributed by atoms with Crippen molar-refractivity contribution in [3.05, 3.63) is 198 Å². The molecule has 0 saturated heterocycles. The van der Waals surface area contributed by atoms with Gasteiger partial charge in [0, 0.05) is 22.4 Å². The van der Waals surface area contributed by atoms with Crippen molar-refractivity contribution in [2.24, 2.45) is 0 Å². The molecule has 0 fully saturated rings. The molecule has 0 spiro atoms. The molecule has 8 aromatic rings. The molecular weight excluding hydrogens is 651 g/mol. The summed E-state index contributed by atoms with van der Waals surface area (Å²) in [5.41, 5.74) is 19.4. The first-order valence-corrected chi connectivity index (χ1v) is 19.5. The third kappa shape index (κ3) is 5.46. The minimum Gasteiger partial charge on any atom is -0.310 e. The zero-order valence-corrected chi connectivity index (χ0v) is 31.0. The van der Waals surface area contributed by atoms with E-state index in [4.69, 9.17) is 0 Å². The number of benzene rings is 8. The number of para-hydroxylation sites is 1. The molecule has 260 valence electrons. The third-order valence-electron chi connectivity index (χ3n) is 12.1. The highest BCUT2D eigenvalue weighted by atomic mass is 15.1. The molecule has 0 saturated carbocycles. The van der Waals surface area contributed by atoms with E-state index in [1.54, 1.807) is 5.56 Å². The molecule has 2 aliphatic rings. The fourth-order valence-corrected chi connectivity index (χ4v) is 9.20. The quantitative estimate of drug-likeness (QED) is 0.168. The lowest BCUT2D eigenvalue weighted by Crippen LogP contribution is -2.17. The van der Waals surface area contributed by atoms with Gasteiger partial charge in [0.15, 0.2) is 0 Å². The predicted molar refractivity (Wildman–Crippen MR) is 229 cm³/mol. The standard InChI is InChI=1S/C53H43N/c1-53(2)50-34-42-17-7-6-16-41(42)33-49(50)48-32-31-44(35-51(48)53)54(52-22-11-10-20-47(52)39-13-4-3-5-14-39)43-29-27-37(28-30-43)36-23-25-40(26-24-36)46-21-12-18-38-15-8-9-19-45(38)46/h3-7,10-14,16-18,20-35H,8-9,15,19H2,1-2H3. The van der Waals surface area contributed by atoms with Gasteiger partial charge in [0.1, 0.15) is 0 Å². The molecule has 54 heavy (non-hydrogen) atoms. The summed E-state index contributed by atoms with van der Waals surface area (Å²) in [7, 11) is 0. The van der Waals surface area contributed by atoms with E-state index in [0.29, 0.717) is 0 Å². The summed E-state index contributed by atoms with van der Waals surface area (Å²) < 4.78 is 0. The average molecular weight is 694 g/mol. The summed E-state index contributed by atoms with van der Waals surface area (Å²) in [6, 6.07) is 65.4. The Labute approximate surface area is 319 Å². The van der Waals surface area contributed by atoms with Crippen LogP contribution in [0.25, 0.3) is 55.3 Å². The van der Waals surface area contributed by atoms with Gasteiger partial charge in [-0.15, -0.1) is 0 Å². The van der Waals surface area contributed by atoms with Crippen LogP contribution in [0, 0.1) is 0 Å². The van der Waals surface area contributed by atoms with Gasteiger partial charge in [-0.25, -0.2) is 0 Å². The maximum Gasteiger partial charge on any atom is 0.0540 e. The molecule has 1 nitrogen and oxygen atoms in total. The largest absolute Gasteiger partial charge is 0.310 e. The molecule has 0 bridgehead atoms. The highest BCUT2D eigenvalue weighted by molar-refractivity contribution is 5.95. The number of hydrogen-bond acceptors (Lipinski definition) is 1. The highest BCUT2D eigenvalue weighted by Crippen LogP contribution is 2.52. The van der Waals surface area contributed by atoms with Gasteiger partial charge >= 0.3 is 0 Å². The maximum atomic E-state index is 2.45. The number of rotatable bonds is 6. The van der Waals surface area contributed by atoms with Crippen molar-refractivity contribution in [2.75, 3.05) is 4.90 Å². The van der Waals surface area contributed by atoms with Gasteiger partial charge < -0.3 is 4.90 Å². The molecule has 0 heterocycles. The molecule has 0 aliphatic heterocycles. The van der Waals surface area contributed by atoms with Gasteiger partial charge in [-0.05, 0) is 140 Å². The summed E-state index contributed by atoms with van der Waals surface area (Å²) >= 11 is 0. The Bertz CT molecular complexity index is 2660. The van der Waals surface area contributed by atoms with Crippen molar-refractivity contribution in [3.63, 3.8) is 0 Å². The zero-order valence-electron chi connectivity index (χ0n) is 31.0. The van der Waals surface area contributed by atoms with Crippen molar-refractivity contribution in [2.45, 2.75) is 44.9 Å². The lowest BCUT2D eigenvalue weighted by atomic mass is 9.81. The molecule has 0 radical (unpaired) electrons. The lowest BCUT2D eigenvalue weighted by molar-refractivity contribution is 0.661. The molecule has 8 aromatic carbocycles. The molecule has 2 aliphatic carbocycles. The van der Waals surface area contributed by atoms with Gasteiger partial charge in [-0.1, -0.05) is 147 Å². The first-order chi connectivity index (χ1) is 26.5. The SMILES string of the molecule is CC1(C)c2cc(N(c3ccc(-c4ccc(-c5cccc6c5CCCC6)cc4)cc3)c3ccccc3-c3ccccc3)ccc2-c2cc3ccccc3cc21. The minimum atomic E-state index is -0.135. The van der Waals surface area contributed by atoms with Crippen LogP contribution in [0.15, 0.2) is 176 Å². The van der Waals surface area contributed by atoms with Crippen LogP contribution in [0.5, 0.6) is 0 Å². The van der Waals surface area contributed by atoms with E-state index in [-0.39, 0.29) is 5.41 Å². The fourth-order valence-electron chi connectivity index (χ4n) is 9.20. The number of fused-ring (bicyclic) bond motifs is 5. The number of nitrogens with zero attached hydrogens (tertiary/aromatic N) is 1. The van der Waals surface area contributed by atoms with E-state index in [9.17, 15) is 0 Å². The molecule has 10 rings (SSSR count). The van der Waals surface area contributed by atoms with Crippen LogP contribution in [0.2, 0.25) is 0 Å². The predicted octanol–water partition coefficient (Wildman–Crippen LogP) is 14.5. The summed E-state index contributed by atoms with van der Waals surface area (Å²) in [5, 5.41) is 2.58. The van der Waals surface area contributed by atoms with Crippen molar-refractivity contribution in [3.8, 4) is 44.5 Å². The summed E-state index contributed by atoms with van der Waals surface area (Å²) in [6.45, 7) is 4.76. The molecular formula is C53H43N. The summed E-state index contributed by atoms with van der Waals surface area (Å²) in [5.74, 6) is 0. The van der Waals surface area contributed by atoms with Gasteiger partial charge in [0.05, 0.1) is 5.69 Å². The topological polar surface area (TPSA) is 3.24 Å². The molecule has 0 aromatic heterocycles. The van der Waals surface area contributed by atoms with E-state index in [1.807, 2.05) is 0 Å². The van der Waals surface area contributed by atoms with Crippen molar-refractivity contribution < 1.29 is 0 Å². The van der Waals surface area contributed by atoms with Crippen LogP contribution in [-0.2, 0) is 18.3 Å². The van der Waals surface area contributed by atoms with Gasteiger partial charge in [0.2, 0.25) is 0 Å². The molecule has 0 amide bonds. The number of aryl methyl sites for hydroxylation is 1. The van der Waals surface area contributed by atoms with Crippen LogP contribution >= 0.6 is 0 Å². The lowest BCUT2D eigenvalue weighted by Gasteiger charge is -2.30. The van der Waals surface area contributed by atoms with Crippen molar-refractivity contribution in [1.29, 1.82) is 0 Å². The van der Waals surface area contributed by atoms with Gasteiger partial charge in [-0.2, -0.15) is 0 Å². The van der Waals surface area contributed by atoms with Crippen LogP contribution in [0.1, 0.15) is 48.9 Å². The van der Waals surface area contributed by atoms with E-state index >= 15 is 0 Å². The number of anilines is 3. The first-order valence-electron chi connectivity index (χ1n) is 19.5. The van der Waals surface area contributed by atoms with E-state index in [2.05, 4.69) is 195 Å². The Morgan fingerprint density at radius 2 is 1.00 bits per heavy atom. The molecule has 0 atom stereocenters. The highest BCUT2D eigenvalue weighted by Gasteiger charge is 2.36. The van der Waals surface area contributed by atoms with E-state index < -0.39 is 0 Å². The molecule has 0 N–H and O–H groups in total. The molecule has 1 heteroatoms. The fraction of sp³-hybridized carbons (Fsp3) is 0.132. The van der Waals surface area contributed by atoms with Gasteiger partial charge in [0.25, 0.3) is 0 Å². The van der Waals surface area contributed by atoms with Crippen molar-refractivity contribution >= 4 is 27.8 Å². The van der Waals surface area contributed by atoms with Crippen LogP contribution in [0.3, 0.4) is 0 Å². The smallest absolute Gasteiger partial charge is 0.0540 e. The Morgan fingerprint density at radius 3 is 1.80 bits per heavy atom. The number of hydrogen-bond donors (Lipinski definition) is 0. The maximum absolute atomic E-state index is 2.45. The van der Waals surface area contributed by atoms with Crippen LogP contribution in [0.4, 0.5) is 17.1 Å². The second kappa shape index (κ2) is 13.0. The monoisotopic (exact) mass is 693 g/mol. The zero-order chi connectivity index (χ0) is 36.2. The van der Waals surface area contributed by atoms with Crippen LogP contribution in [-0.4, -0.2) is 0 Å². The second-order valence-corrected chi connectivity index (χ2v) is 15.6. The Kier molecular flexibility index (Phi) is 7.84. The summed E-state index contributed by atoms with van der Waals surface area (Å²) in [4.78, 5) is 2.45. The Hall–Kier alpha value is -6.18. The molecule has 0 unspecified atom stereocenters. The van der Waals surface area contributed by atoms with E-state index in [0.717, 1.165) is 17.1 Å². The second-order valence-electron chi connectivity index (χ2n) is 15.6. The van der Waals surface area contributed by atoms with E-state index in [1.165, 1.54) is 97.7 Å². The minimum absolute atomic E-state index is 0.135. The average Bonchev–Trinajstić information content (AvgIpc) is 3.45. The first kappa shape index (κ1) is 32.5. The van der Waals surface area contributed by atoms with Crippen LogP contribution < -0.4 is 4.90 Å². The summed E-state index contributed by atoms with van der Waals surface area (Å²) in [6.07, 6.45) is 4.98. The Balaban J connectivity index is 1.06. The normalized spacial score (nSPS) is 14.0. The third-order valence-corrected chi connectivity index (χ3v) is 12.1. The van der Waals surface area contributed by atoms with Crippen molar-refractivity contribution in [1.82, 2.24) is 0 Å².